The fraction of sp³-hybridized carbons (Fsp3) is 0.471. The maximum absolute atomic E-state index is 5.98. The maximum atomic E-state index is 5.98. The van der Waals surface area contributed by atoms with Crippen LogP contribution in [0.3, 0.4) is 0 Å². The molecule has 4 heterocycles. The first kappa shape index (κ1) is 16.0. The number of furan rings is 1. The zero-order chi connectivity index (χ0) is 17.4. The number of aromatic nitrogens is 4. The van der Waals surface area contributed by atoms with E-state index in [-0.39, 0.29) is 12.1 Å². The van der Waals surface area contributed by atoms with E-state index in [0.717, 1.165) is 24.4 Å². The van der Waals surface area contributed by atoms with Crippen LogP contribution in [0.4, 0.5) is 0 Å². The molecule has 132 valence electrons. The minimum atomic E-state index is -0.0128. The van der Waals surface area contributed by atoms with Gasteiger partial charge in [-0.1, -0.05) is 5.16 Å². The van der Waals surface area contributed by atoms with Crippen LogP contribution in [-0.4, -0.2) is 32.6 Å². The summed E-state index contributed by atoms with van der Waals surface area (Å²) in [5.74, 6) is 1.58. The van der Waals surface area contributed by atoms with Crippen molar-refractivity contribution in [1.82, 2.24) is 25.2 Å². The topological polar surface area (TPSA) is 91.1 Å². The molecule has 0 spiro atoms. The smallest absolute Gasteiger partial charge is 0.241 e. The van der Waals surface area contributed by atoms with Crippen molar-refractivity contribution in [2.24, 2.45) is 7.05 Å². The lowest BCUT2D eigenvalue weighted by atomic mass is 10.0. The summed E-state index contributed by atoms with van der Waals surface area (Å²) >= 11 is 0. The highest BCUT2D eigenvalue weighted by Gasteiger charge is 2.33. The van der Waals surface area contributed by atoms with Gasteiger partial charge in [0.2, 0.25) is 11.7 Å². The van der Waals surface area contributed by atoms with Gasteiger partial charge in [0.15, 0.2) is 5.76 Å². The second-order valence-corrected chi connectivity index (χ2v) is 6.26. The fourth-order valence-electron chi connectivity index (χ4n) is 3.34. The minimum Gasteiger partial charge on any atom is -0.461 e. The highest BCUT2D eigenvalue weighted by atomic mass is 16.5. The molecule has 8 heteroatoms. The van der Waals surface area contributed by atoms with Crippen molar-refractivity contribution < 1.29 is 13.7 Å². The lowest BCUT2D eigenvalue weighted by molar-refractivity contribution is 0.0968. The Labute approximate surface area is 145 Å². The first-order valence-corrected chi connectivity index (χ1v) is 8.35. The molecule has 1 fully saturated rings. The van der Waals surface area contributed by atoms with Crippen LogP contribution >= 0.6 is 0 Å². The number of nitrogens with zero attached hydrogens (tertiary/aromatic N) is 4. The summed E-state index contributed by atoms with van der Waals surface area (Å²) in [5, 5.41) is 11.9. The molecule has 0 saturated carbocycles. The van der Waals surface area contributed by atoms with Crippen LogP contribution in [0.2, 0.25) is 0 Å². The molecule has 3 aromatic rings. The number of aryl methyl sites for hydroxylation is 2. The molecular weight excluding hydrogens is 322 g/mol. The normalized spacial score (nSPS) is 20.4. The molecule has 1 saturated heterocycles. The van der Waals surface area contributed by atoms with E-state index < -0.39 is 0 Å². The summed E-state index contributed by atoms with van der Waals surface area (Å²) in [7, 11) is 1.96. The maximum Gasteiger partial charge on any atom is 0.241 e. The number of hydrogen-bond donors (Lipinski definition) is 1. The Balaban J connectivity index is 1.45. The number of nitrogens with one attached hydrogen (secondary N) is 1. The quantitative estimate of drug-likeness (QED) is 0.760. The number of ether oxygens (including phenoxy) is 1. The molecule has 2 atom stereocenters. The van der Waals surface area contributed by atoms with Gasteiger partial charge in [-0.25, -0.2) is 0 Å². The molecule has 1 N–H and O–H groups in total. The molecule has 8 nitrogen and oxygen atoms in total. The van der Waals surface area contributed by atoms with Crippen LogP contribution in [0.25, 0.3) is 11.6 Å². The molecular formula is C17H21N5O3. The Kier molecular flexibility index (Phi) is 4.14. The molecule has 0 radical (unpaired) electrons. The van der Waals surface area contributed by atoms with Gasteiger partial charge in [0.25, 0.3) is 0 Å². The molecule has 0 amide bonds. The first-order chi connectivity index (χ1) is 12.1. The van der Waals surface area contributed by atoms with Crippen molar-refractivity contribution in [3.05, 3.63) is 41.2 Å². The van der Waals surface area contributed by atoms with Gasteiger partial charge >= 0.3 is 0 Å². The van der Waals surface area contributed by atoms with E-state index in [1.54, 1.807) is 18.4 Å². The van der Waals surface area contributed by atoms with Crippen molar-refractivity contribution in [2.75, 3.05) is 6.61 Å². The monoisotopic (exact) mass is 343 g/mol. The average Bonchev–Trinajstić information content (AvgIpc) is 3.35. The zero-order valence-corrected chi connectivity index (χ0v) is 14.5. The van der Waals surface area contributed by atoms with E-state index >= 15 is 0 Å². The summed E-state index contributed by atoms with van der Waals surface area (Å²) < 4.78 is 18.5. The zero-order valence-electron chi connectivity index (χ0n) is 14.5. The molecule has 0 aromatic carbocycles. The highest BCUT2D eigenvalue weighted by molar-refractivity contribution is 5.44. The van der Waals surface area contributed by atoms with Crippen molar-refractivity contribution >= 4 is 0 Å². The Morgan fingerprint density at radius 3 is 2.96 bits per heavy atom. The lowest BCUT2D eigenvalue weighted by Crippen LogP contribution is -2.31. The van der Waals surface area contributed by atoms with Gasteiger partial charge in [-0.2, -0.15) is 10.1 Å². The van der Waals surface area contributed by atoms with Crippen LogP contribution < -0.4 is 5.32 Å². The molecule has 3 aromatic heterocycles. The van der Waals surface area contributed by atoms with Crippen molar-refractivity contribution in [3.8, 4) is 11.6 Å². The van der Waals surface area contributed by atoms with E-state index in [0.29, 0.717) is 24.0 Å². The van der Waals surface area contributed by atoms with E-state index in [1.807, 2.05) is 18.7 Å². The lowest BCUT2D eigenvalue weighted by Gasteiger charge is -2.19. The number of hydrogen-bond acceptors (Lipinski definition) is 7. The molecule has 25 heavy (non-hydrogen) atoms. The van der Waals surface area contributed by atoms with Crippen molar-refractivity contribution in [2.45, 2.75) is 39.0 Å². The van der Waals surface area contributed by atoms with Gasteiger partial charge in [-0.05, 0) is 32.4 Å². The second kappa shape index (κ2) is 6.45. The molecule has 1 aliphatic rings. The Hall–Kier alpha value is -2.45. The summed E-state index contributed by atoms with van der Waals surface area (Å²) in [4.78, 5) is 4.36. The predicted molar refractivity (Wildman–Crippen MR) is 88.6 cm³/mol. The molecule has 0 aliphatic carbocycles. The van der Waals surface area contributed by atoms with Gasteiger partial charge in [0.05, 0.1) is 18.5 Å². The van der Waals surface area contributed by atoms with Crippen molar-refractivity contribution in [3.63, 3.8) is 0 Å². The second-order valence-electron chi connectivity index (χ2n) is 6.26. The molecule has 0 unspecified atom stereocenters. The third kappa shape index (κ3) is 2.98. The van der Waals surface area contributed by atoms with Gasteiger partial charge in [0.1, 0.15) is 6.10 Å². The van der Waals surface area contributed by atoms with Gasteiger partial charge in [-0.3, -0.25) is 4.68 Å². The van der Waals surface area contributed by atoms with Crippen LogP contribution in [0.1, 0.15) is 35.4 Å². The summed E-state index contributed by atoms with van der Waals surface area (Å²) in [6.45, 7) is 5.30. The summed E-state index contributed by atoms with van der Waals surface area (Å²) in [6, 6.07) is 3.78. The summed E-state index contributed by atoms with van der Waals surface area (Å²) in [5.41, 5.74) is 3.31. The van der Waals surface area contributed by atoms with Crippen molar-refractivity contribution in [1.29, 1.82) is 0 Å². The third-order valence-corrected chi connectivity index (χ3v) is 4.67. The standard InChI is InChI=1S/C17H21N5O3/c1-10-15(11(2)22(3)20-10)16-12(6-8-24-16)18-9-14-19-17(21-25-14)13-5-4-7-23-13/h4-5,7,12,16,18H,6,8-9H2,1-3H3/t12-,16-/m0/s1. The SMILES string of the molecule is Cc1nn(C)c(C)c1[C@H]1OCC[C@@H]1NCc1nc(-c2ccco2)no1. The molecule has 0 bridgehead atoms. The Bertz CT molecular complexity index is 852. The fourth-order valence-corrected chi connectivity index (χ4v) is 3.34. The average molecular weight is 343 g/mol. The van der Waals surface area contributed by atoms with Gasteiger partial charge in [0, 0.05) is 31.0 Å². The molecule has 1 aliphatic heterocycles. The van der Waals surface area contributed by atoms with Gasteiger partial charge in [-0.15, -0.1) is 0 Å². The van der Waals surface area contributed by atoms with E-state index in [2.05, 4.69) is 27.5 Å². The number of rotatable bonds is 5. The third-order valence-electron chi connectivity index (χ3n) is 4.67. The minimum absolute atomic E-state index is 0.0128. The predicted octanol–water partition coefficient (Wildman–Crippen LogP) is 2.30. The van der Waals surface area contributed by atoms with Gasteiger partial charge < -0.3 is 19.0 Å². The van der Waals surface area contributed by atoms with E-state index in [9.17, 15) is 0 Å². The largest absolute Gasteiger partial charge is 0.461 e. The Morgan fingerprint density at radius 1 is 1.36 bits per heavy atom. The van der Waals surface area contributed by atoms with E-state index in [1.165, 1.54) is 5.56 Å². The van der Waals surface area contributed by atoms with Crippen LogP contribution in [0, 0.1) is 13.8 Å². The van der Waals surface area contributed by atoms with Crippen LogP contribution in [0.5, 0.6) is 0 Å². The first-order valence-electron chi connectivity index (χ1n) is 8.35. The van der Waals surface area contributed by atoms with Crippen LogP contribution in [0.15, 0.2) is 27.3 Å². The van der Waals surface area contributed by atoms with Crippen LogP contribution in [-0.2, 0) is 18.3 Å². The Morgan fingerprint density at radius 2 is 2.24 bits per heavy atom. The highest BCUT2D eigenvalue weighted by Crippen LogP contribution is 2.33. The van der Waals surface area contributed by atoms with E-state index in [4.69, 9.17) is 13.7 Å². The summed E-state index contributed by atoms with van der Waals surface area (Å²) in [6.07, 6.45) is 2.50. The molecule has 4 rings (SSSR count).